The third-order valence-corrected chi connectivity index (χ3v) is 2.76. The second kappa shape index (κ2) is 8.08. The number of hydrogen-bond acceptors (Lipinski definition) is 4. The number of carbonyl (C=O) groups is 4. The quantitative estimate of drug-likeness (QED) is 0.665. The predicted octanol–water partition coefficient (Wildman–Crippen LogP) is 2.17. The summed E-state index contributed by atoms with van der Waals surface area (Å²) in [7, 11) is 0. The average molecular weight is 332 g/mol. The van der Waals surface area contributed by atoms with E-state index in [1.54, 1.807) is 0 Å². The fraction of sp³-hybridized carbons (Fsp3) is 0. The first-order valence-corrected chi connectivity index (χ1v) is 6.35. The molecule has 0 saturated heterocycles. The van der Waals surface area contributed by atoms with Gasteiger partial charge < -0.3 is 20.4 Å². The summed E-state index contributed by atoms with van der Waals surface area (Å²) in [5.74, 6) is -4.25. The molecule has 8 heteroatoms. The first kappa shape index (κ1) is 18.4. The van der Waals surface area contributed by atoms with Gasteiger partial charge in [0.05, 0.1) is 22.3 Å². The highest BCUT2D eigenvalue weighted by Crippen LogP contribution is 2.04. The number of benzene rings is 2. The van der Waals surface area contributed by atoms with Gasteiger partial charge in [-0.15, -0.1) is 0 Å². The second-order valence-corrected chi connectivity index (χ2v) is 4.38. The maximum absolute atomic E-state index is 10.3. The largest absolute Gasteiger partial charge is 0.478 e. The Kier molecular flexibility index (Phi) is 6.19. The van der Waals surface area contributed by atoms with Crippen molar-refractivity contribution in [3.8, 4) is 0 Å². The Labute approximate surface area is 135 Å². The monoisotopic (exact) mass is 332 g/mol. The Morgan fingerprint density at radius 3 is 0.625 bits per heavy atom. The van der Waals surface area contributed by atoms with Gasteiger partial charge in [-0.3, -0.25) is 0 Å². The molecule has 2 aromatic rings. The summed E-state index contributed by atoms with van der Waals surface area (Å²) >= 11 is 0. The number of carboxylic acids is 4. The fourth-order valence-electron chi connectivity index (χ4n) is 1.51. The van der Waals surface area contributed by atoms with Crippen LogP contribution < -0.4 is 0 Å². The van der Waals surface area contributed by atoms with Crippen LogP contribution in [0.3, 0.4) is 0 Å². The molecule has 0 fully saturated rings. The van der Waals surface area contributed by atoms with Gasteiger partial charge in [0.25, 0.3) is 0 Å². The number of carboxylic acid groups (broad SMARTS) is 4. The molecule has 2 rings (SSSR count). The number of hydrogen-bond donors (Lipinski definition) is 4. The third kappa shape index (κ3) is 5.26. The average Bonchev–Trinajstić information content (AvgIpc) is 2.55. The van der Waals surface area contributed by atoms with E-state index in [4.69, 9.17) is 20.4 Å². The zero-order chi connectivity index (χ0) is 18.3. The molecule has 0 spiro atoms. The summed E-state index contributed by atoms with van der Waals surface area (Å²) in [4.78, 5) is 41.3. The molecule has 0 aliphatic carbocycles. The minimum atomic E-state index is -1.06. The molecule has 0 atom stereocenters. The molecule has 0 aliphatic rings. The normalized spacial score (nSPS) is 9.33. The van der Waals surface area contributed by atoms with Gasteiger partial charge in [-0.2, -0.15) is 0 Å². The molecule has 2 aromatic carbocycles. The van der Waals surface area contributed by atoms with Crippen LogP contribution >= 0.6 is 0 Å². The van der Waals surface area contributed by atoms with Crippen molar-refractivity contribution < 1.29 is 39.6 Å². The van der Waals surface area contributed by atoms with Crippen LogP contribution in [0.2, 0.25) is 0 Å². The molecule has 0 aromatic heterocycles. The summed E-state index contributed by atoms with van der Waals surface area (Å²) in [6.45, 7) is 0. The fourth-order valence-corrected chi connectivity index (χ4v) is 1.51. The van der Waals surface area contributed by atoms with Gasteiger partial charge in [-0.1, -0.05) is 0 Å². The Hall–Kier alpha value is -3.68. The summed E-state index contributed by atoms with van der Waals surface area (Å²) in [5, 5.41) is 33.9. The molecule has 0 radical (unpaired) electrons. The zero-order valence-electron chi connectivity index (χ0n) is 12.0. The van der Waals surface area contributed by atoms with E-state index in [0.29, 0.717) is 0 Å². The highest BCUT2D eigenvalue weighted by molar-refractivity contribution is 5.92. The molecule has 0 aliphatic heterocycles. The Balaban J connectivity index is 0.000000240. The van der Waals surface area contributed by atoms with Crippen LogP contribution in [0.5, 0.6) is 0 Å². The van der Waals surface area contributed by atoms with E-state index >= 15 is 0 Å². The van der Waals surface area contributed by atoms with E-state index in [1.165, 1.54) is 48.5 Å². The maximum Gasteiger partial charge on any atom is 0.335 e. The van der Waals surface area contributed by atoms with Crippen LogP contribution in [0.25, 0.3) is 0 Å². The van der Waals surface area contributed by atoms with Crippen molar-refractivity contribution in [3.63, 3.8) is 0 Å². The van der Waals surface area contributed by atoms with Crippen LogP contribution in [0.15, 0.2) is 48.5 Å². The van der Waals surface area contributed by atoms with Gasteiger partial charge in [0.1, 0.15) is 0 Å². The summed E-state index contributed by atoms with van der Waals surface area (Å²) in [5.41, 5.74) is 0.333. The number of aromatic carboxylic acids is 4. The Bertz CT molecular complexity index is 626. The smallest absolute Gasteiger partial charge is 0.335 e. The molecule has 0 amide bonds. The highest BCUT2D eigenvalue weighted by atomic mass is 16.4. The summed E-state index contributed by atoms with van der Waals surface area (Å²) in [6.07, 6.45) is 0. The minimum Gasteiger partial charge on any atom is -0.478 e. The van der Waals surface area contributed by atoms with Gasteiger partial charge in [-0.05, 0) is 48.5 Å². The molecular formula is C16H12O8. The maximum atomic E-state index is 10.3. The molecule has 4 N–H and O–H groups in total. The first-order valence-electron chi connectivity index (χ1n) is 6.35. The lowest BCUT2D eigenvalue weighted by Gasteiger charge is -1.94. The van der Waals surface area contributed by atoms with Crippen molar-refractivity contribution >= 4 is 23.9 Å². The van der Waals surface area contributed by atoms with E-state index in [1.807, 2.05) is 0 Å². The lowest BCUT2D eigenvalue weighted by atomic mass is 10.1. The lowest BCUT2D eigenvalue weighted by molar-refractivity contribution is 0.0681. The van der Waals surface area contributed by atoms with E-state index in [9.17, 15) is 19.2 Å². The number of rotatable bonds is 4. The van der Waals surface area contributed by atoms with Gasteiger partial charge in [0, 0.05) is 0 Å². The van der Waals surface area contributed by atoms with Crippen molar-refractivity contribution in [2.45, 2.75) is 0 Å². The summed E-state index contributed by atoms with van der Waals surface area (Å²) < 4.78 is 0. The van der Waals surface area contributed by atoms with Crippen LogP contribution in [-0.2, 0) is 0 Å². The van der Waals surface area contributed by atoms with Gasteiger partial charge in [0.2, 0.25) is 0 Å². The molecule has 0 bridgehead atoms. The lowest BCUT2D eigenvalue weighted by Crippen LogP contribution is -1.99. The van der Waals surface area contributed by atoms with E-state index < -0.39 is 23.9 Å². The van der Waals surface area contributed by atoms with Crippen molar-refractivity contribution in [2.24, 2.45) is 0 Å². The second-order valence-electron chi connectivity index (χ2n) is 4.38. The Morgan fingerprint density at radius 2 is 0.542 bits per heavy atom. The highest BCUT2D eigenvalue weighted by Gasteiger charge is 2.05. The molecule has 0 unspecified atom stereocenters. The zero-order valence-corrected chi connectivity index (χ0v) is 12.0. The molecular weight excluding hydrogens is 320 g/mol. The van der Waals surface area contributed by atoms with Crippen molar-refractivity contribution in [1.82, 2.24) is 0 Å². The van der Waals surface area contributed by atoms with E-state index in [2.05, 4.69) is 0 Å². The minimum absolute atomic E-state index is 0.0833. The molecule has 0 saturated carbocycles. The van der Waals surface area contributed by atoms with E-state index in [0.717, 1.165) is 0 Å². The molecule has 24 heavy (non-hydrogen) atoms. The van der Waals surface area contributed by atoms with Crippen LogP contribution in [0.4, 0.5) is 0 Å². The van der Waals surface area contributed by atoms with E-state index in [-0.39, 0.29) is 22.3 Å². The molecule has 0 heterocycles. The third-order valence-electron chi connectivity index (χ3n) is 2.76. The SMILES string of the molecule is O=C(O)c1ccc(C(=O)O)cc1.O=C(O)c1ccc(C(=O)O)cc1. The standard InChI is InChI=1S/2C8H6O4/c2*9-7(10)5-1-2-6(4-3-5)8(11)12/h2*1-4H,(H,9,10)(H,11,12). The topological polar surface area (TPSA) is 149 Å². The van der Waals surface area contributed by atoms with Gasteiger partial charge >= 0.3 is 23.9 Å². The summed E-state index contributed by atoms with van der Waals surface area (Å²) in [6, 6.07) is 10.0. The molecule has 124 valence electrons. The van der Waals surface area contributed by atoms with Crippen molar-refractivity contribution in [3.05, 3.63) is 70.8 Å². The molecule has 8 nitrogen and oxygen atoms in total. The van der Waals surface area contributed by atoms with Crippen molar-refractivity contribution in [2.75, 3.05) is 0 Å². The predicted molar refractivity (Wildman–Crippen MR) is 80.7 cm³/mol. The van der Waals surface area contributed by atoms with Crippen LogP contribution in [0.1, 0.15) is 41.4 Å². The van der Waals surface area contributed by atoms with Gasteiger partial charge in [0.15, 0.2) is 0 Å². The van der Waals surface area contributed by atoms with Crippen molar-refractivity contribution in [1.29, 1.82) is 0 Å². The van der Waals surface area contributed by atoms with Gasteiger partial charge in [-0.25, -0.2) is 19.2 Å². The first-order chi connectivity index (χ1) is 11.2. The van der Waals surface area contributed by atoms with Crippen LogP contribution in [-0.4, -0.2) is 44.3 Å². The Morgan fingerprint density at radius 1 is 0.417 bits per heavy atom. The van der Waals surface area contributed by atoms with Crippen LogP contribution in [0, 0.1) is 0 Å².